The third kappa shape index (κ3) is 0.959. The topological polar surface area (TPSA) is 52.0 Å². The van der Waals surface area contributed by atoms with E-state index in [-0.39, 0.29) is 6.04 Å². The summed E-state index contributed by atoms with van der Waals surface area (Å²) in [4.78, 5) is 0. The van der Waals surface area contributed by atoms with Crippen LogP contribution in [0.5, 0.6) is 0 Å². The molecule has 1 aromatic rings. The van der Waals surface area contributed by atoms with Crippen molar-refractivity contribution in [1.82, 2.24) is 5.16 Å². The van der Waals surface area contributed by atoms with Crippen molar-refractivity contribution < 1.29 is 4.52 Å². The maximum atomic E-state index is 5.80. The fourth-order valence-electron chi connectivity index (χ4n) is 1.75. The van der Waals surface area contributed by atoms with Crippen LogP contribution >= 0.6 is 0 Å². The largest absolute Gasteiger partial charge is 0.361 e. The van der Waals surface area contributed by atoms with E-state index in [0.717, 1.165) is 18.6 Å². The number of nitrogens with two attached hydrogens (primary N) is 1. The third-order valence-corrected chi connectivity index (χ3v) is 2.39. The van der Waals surface area contributed by atoms with E-state index < -0.39 is 0 Å². The second-order valence-corrected chi connectivity index (χ2v) is 3.21. The van der Waals surface area contributed by atoms with Gasteiger partial charge in [-0.1, -0.05) is 5.16 Å². The highest BCUT2D eigenvalue weighted by Gasteiger charge is 2.28. The Morgan fingerprint density at radius 1 is 1.82 bits per heavy atom. The highest BCUT2D eigenvalue weighted by Crippen LogP contribution is 2.34. The number of fused-ring (bicyclic) bond motifs is 1. The maximum Gasteiger partial charge on any atom is 0.140 e. The molecule has 1 heterocycles. The Balaban J connectivity index is 2.31. The van der Waals surface area contributed by atoms with Gasteiger partial charge in [0, 0.05) is 23.9 Å². The molecule has 0 radical (unpaired) electrons. The third-order valence-electron chi connectivity index (χ3n) is 2.39. The van der Waals surface area contributed by atoms with Crippen molar-refractivity contribution >= 4 is 0 Å². The summed E-state index contributed by atoms with van der Waals surface area (Å²) < 4.78 is 5.05. The Morgan fingerprint density at radius 2 is 2.64 bits per heavy atom. The number of nitrogens with zero attached hydrogens (tertiary/aromatic N) is 1. The molecule has 2 unspecified atom stereocenters. The van der Waals surface area contributed by atoms with E-state index in [4.69, 9.17) is 10.3 Å². The summed E-state index contributed by atoms with van der Waals surface area (Å²) in [6.07, 6.45) is 3.92. The molecule has 1 aromatic heterocycles. The van der Waals surface area contributed by atoms with E-state index in [2.05, 4.69) is 5.16 Å². The number of aromatic nitrogens is 1. The van der Waals surface area contributed by atoms with Gasteiger partial charge in [-0.25, -0.2) is 0 Å². The summed E-state index contributed by atoms with van der Waals surface area (Å²) in [6.45, 7) is 2.03. The minimum atomic E-state index is 0.218. The first-order chi connectivity index (χ1) is 5.29. The first kappa shape index (κ1) is 6.85. The SMILES string of the molecule is CC(N)C1CCc2oncc21. The van der Waals surface area contributed by atoms with E-state index in [9.17, 15) is 0 Å². The number of hydrogen-bond acceptors (Lipinski definition) is 3. The molecular weight excluding hydrogens is 140 g/mol. The van der Waals surface area contributed by atoms with Crippen molar-refractivity contribution in [2.75, 3.05) is 0 Å². The predicted molar refractivity (Wildman–Crippen MR) is 41.2 cm³/mol. The highest BCUT2D eigenvalue weighted by atomic mass is 16.5. The van der Waals surface area contributed by atoms with E-state index in [1.807, 2.05) is 6.92 Å². The fourth-order valence-corrected chi connectivity index (χ4v) is 1.75. The zero-order valence-corrected chi connectivity index (χ0v) is 6.58. The summed E-state index contributed by atoms with van der Waals surface area (Å²) in [7, 11) is 0. The molecule has 1 aliphatic carbocycles. The van der Waals surface area contributed by atoms with E-state index in [1.165, 1.54) is 5.56 Å². The molecule has 0 fully saturated rings. The second kappa shape index (κ2) is 2.34. The maximum absolute atomic E-state index is 5.80. The molecule has 11 heavy (non-hydrogen) atoms. The first-order valence-electron chi connectivity index (χ1n) is 3.98. The monoisotopic (exact) mass is 152 g/mol. The van der Waals surface area contributed by atoms with Gasteiger partial charge in [-0.05, 0) is 13.3 Å². The van der Waals surface area contributed by atoms with Gasteiger partial charge in [0.15, 0.2) is 0 Å². The quantitative estimate of drug-likeness (QED) is 0.654. The fraction of sp³-hybridized carbons (Fsp3) is 0.625. The smallest absolute Gasteiger partial charge is 0.140 e. The molecule has 0 aliphatic heterocycles. The Morgan fingerprint density at radius 3 is 3.36 bits per heavy atom. The van der Waals surface area contributed by atoms with Crippen molar-refractivity contribution in [3.63, 3.8) is 0 Å². The van der Waals surface area contributed by atoms with Gasteiger partial charge in [0.05, 0.1) is 6.20 Å². The van der Waals surface area contributed by atoms with E-state index >= 15 is 0 Å². The standard InChI is InChI=1S/C8H12N2O/c1-5(9)6-2-3-8-7(6)4-10-11-8/h4-6H,2-3,9H2,1H3. The number of aryl methyl sites for hydroxylation is 1. The van der Waals surface area contributed by atoms with Crippen molar-refractivity contribution in [1.29, 1.82) is 0 Å². The van der Waals surface area contributed by atoms with Crippen LogP contribution in [0, 0.1) is 0 Å². The van der Waals surface area contributed by atoms with Crippen molar-refractivity contribution in [3.05, 3.63) is 17.5 Å². The molecule has 0 aromatic carbocycles. The molecule has 3 nitrogen and oxygen atoms in total. The summed E-state index contributed by atoms with van der Waals surface area (Å²) in [6, 6.07) is 0.218. The minimum Gasteiger partial charge on any atom is -0.361 e. The zero-order chi connectivity index (χ0) is 7.84. The lowest BCUT2D eigenvalue weighted by atomic mass is 9.97. The molecule has 0 spiro atoms. The minimum absolute atomic E-state index is 0.218. The van der Waals surface area contributed by atoms with Gasteiger partial charge < -0.3 is 10.3 Å². The van der Waals surface area contributed by atoms with E-state index in [1.54, 1.807) is 6.20 Å². The van der Waals surface area contributed by atoms with Crippen LogP contribution in [0.2, 0.25) is 0 Å². The zero-order valence-electron chi connectivity index (χ0n) is 6.58. The molecule has 2 rings (SSSR count). The summed E-state index contributed by atoms with van der Waals surface area (Å²) in [5.74, 6) is 1.50. The summed E-state index contributed by atoms with van der Waals surface area (Å²) in [5.41, 5.74) is 7.02. The molecule has 60 valence electrons. The Labute approximate surface area is 65.6 Å². The lowest BCUT2D eigenvalue weighted by Gasteiger charge is -2.12. The number of hydrogen-bond donors (Lipinski definition) is 1. The lowest BCUT2D eigenvalue weighted by Crippen LogP contribution is -2.22. The van der Waals surface area contributed by atoms with Crippen LogP contribution in [0.4, 0.5) is 0 Å². The van der Waals surface area contributed by atoms with Gasteiger partial charge in [0.25, 0.3) is 0 Å². The van der Waals surface area contributed by atoms with Crippen molar-refractivity contribution in [2.24, 2.45) is 5.73 Å². The van der Waals surface area contributed by atoms with E-state index in [0.29, 0.717) is 5.92 Å². The Bertz CT molecular complexity index is 254. The molecule has 0 saturated carbocycles. The molecule has 0 bridgehead atoms. The van der Waals surface area contributed by atoms with Crippen LogP contribution < -0.4 is 5.73 Å². The average molecular weight is 152 g/mol. The molecule has 3 heteroatoms. The van der Waals surface area contributed by atoms with Crippen molar-refractivity contribution in [3.8, 4) is 0 Å². The van der Waals surface area contributed by atoms with Crippen LogP contribution in [-0.2, 0) is 6.42 Å². The van der Waals surface area contributed by atoms with Gasteiger partial charge in [-0.3, -0.25) is 0 Å². The second-order valence-electron chi connectivity index (χ2n) is 3.21. The molecule has 1 aliphatic rings. The first-order valence-corrected chi connectivity index (χ1v) is 3.98. The Kier molecular flexibility index (Phi) is 1.46. The van der Waals surface area contributed by atoms with Crippen LogP contribution in [0.15, 0.2) is 10.7 Å². The predicted octanol–water partition coefficient (Wildman–Crippen LogP) is 1.05. The Hall–Kier alpha value is -0.830. The summed E-state index contributed by atoms with van der Waals surface area (Å²) in [5, 5.41) is 3.75. The normalized spacial score (nSPS) is 25.1. The van der Waals surface area contributed by atoms with Crippen LogP contribution in [0.1, 0.15) is 30.6 Å². The molecule has 2 N–H and O–H groups in total. The average Bonchev–Trinajstić information content (AvgIpc) is 2.41. The number of rotatable bonds is 1. The highest BCUT2D eigenvalue weighted by molar-refractivity contribution is 5.26. The van der Waals surface area contributed by atoms with Crippen molar-refractivity contribution in [2.45, 2.75) is 31.7 Å². The van der Waals surface area contributed by atoms with Crippen LogP contribution in [0.3, 0.4) is 0 Å². The molecule has 2 atom stereocenters. The molecule has 0 amide bonds. The van der Waals surface area contributed by atoms with Gasteiger partial charge >= 0.3 is 0 Å². The van der Waals surface area contributed by atoms with Gasteiger partial charge in [0.1, 0.15) is 5.76 Å². The molecule has 0 saturated heterocycles. The van der Waals surface area contributed by atoms with Gasteiger partial charge in [-0.2, -0.15) is 0 Å². The van der Waals surface area contributed by atoms with Crippen LogP contribution in [0.25, 0.3) is 0 Å². The van der Waals surface area contributed by atoms with Gasteiger partial charge in [-0.15, -0.1) is 0 Å². The lowest BCUT2D eigenvalue weighted by molar-refractivity contribution is 0.385. The molecular formula is C8H12N2O. The van der Waals surface area contributed by atoms with Gasteiger partial charge in [0.2, 0.25) is 0 Å². The summed E-state index contributed by atoms with van der Waals surface area (Å²) >= 11 is 0. The van der Waals surface area contributed by atoms with Crippen LogP contribution in [-0.4, -0.2) is 11.2 Å².